The van der Waals surface area contributed by atoms with Crippen LogP contribution < -0.4 is 5.73 Å². The minimum absolute atomic E-state index is 0.0512. The van der Waals surface area contributed by atoms with Crippen LogP contribution in [0.2, 0.25) is 0 Å². The summed E-state index contributed by atoms with van der Waals surface area (Å²) in [6, 6.07) is 0.0512. The smallest absolute Gasteiger partial charge is 0.224 e. The highest BCUT2D eigenvalue weighted by Crippen LogP contribution is 2.24. The van der Waals surface area contributed by atoms with Gasteiger partial charge in [-0.3, -0.25) is 4.79 Å². The van der Waals surface area contributed by atoms with E-state index in [0.29, 0.717) is 6.42 Å². The van der Waals surface area contributed by atoms with Crippen molar-refractivity contribution in [1.82, 2.24) is 4.90 Å². The molecule has 1 unspecified atom stereocenters. The number of likely N-dealkylation sites (tertiary alicyclic amines) is 1. The first-order chi connectivity index (χ1) is 8.04. The average molecular weight is 240 g/mol. The summed E-state index contributed by atoms with van der Waals surface area (Å²) in [5.41, 5.74) is 5.92. The second-order valence-electron chi connectivity index (χ2n) is 5.72. The topological polar surface area (TPSA) is 46.3 Å². The zero-order valence-corrected chi connectivity index (χ0v) is 11.6. The molecule has 1 heterocycles. The number of piperidine rings is 1. The Morgan fingerprint density at radius 3 is 2.41 bits per heavy atom. The number of nitrogens with zero attached hydrogens (tertiary/aromatic N) is 1. The van der Waals surface area contributed by atoms with Crippen LogP contribution in [0.25, 0.3) is 0 Å². The minimum atomic E-state index is 0.0512. The van der Waals surface area contributed by atoms with E-state index in [1.807, 2.05) is 4.90 Å². The van der Waals surface area contributed by atoms with Crippen molar-refractivity contribution in [3.05, 3.63) is 0 Å². The molecule has 0 aliphatic carbocycles. The van der Waals surface area contributed by atoms with Gasteiger partial charge in [-0.05, 0) is 31.1 Å². The van der Waals surface area contributed by atoms with Crippen LogP contribution in [0.3, 0.4) is 0 Å². The summed E-state index contributed by atoms with van der Waals surface area (Å²) in [4.78, 5) is 14.0. The van der Waals surface area contributed by atoms with Crippen molar-refractivity contribution in [2.45, 2.75) is 58.9 Å². The first-order valence-electron chi connectivity index (χ1n) is 7.08. The Balaban J connectivity index is 2.30. The number of nitrogens with two attached hydrogens (primary N) is 1. The Bertz CT molecular complexity index is 232. The summed E-state index contributed by atoms with van der Waals surface area (Å²) in [6.45, 7) is 8.53. The maximum atomic E-state index is 12.0. The Morgan fingerprint density at radius 2 is 1.94 bits per heavy atom. The van der Waals surface area contributed by atoms with E-state index < -0.39 is 0 Å². The summed E-state index contributed by atoms with van der Waals surface area (Å²) in [5.74, 6) is 1.80. The van der Waals surface area contributed by atoms with Gasteiger partial charge in [-0.2, -0.15) is 0 Å². The first kappa shape index (κ1) is 14.5. The van der Waals surface area contributed by atoms with Crippen LogP contribution in [0, 0.1) is 11.8 Å². The van der Waals surface area contributed by atoms with E-state index in [-0.39, 0.29) is 11.9 Å². The van der Waals surface area contributed by atoms with Crippen LogP contribution in [-0.2, 0) is 4.79 Å². The normalized spacial score (nSPS) is 19.7. The SMILES string of the molecule is CCCC(N)CC(=O)N1CCC(C(C)C)CC1. The van der Waals surface area contributed by atoms with E-state index in [9.17, 15) is 4.79 Å². The highest BCUT2D eigenvalue weighted by Gasteiger charge is 2.25. The van der Waals surface area contributed by atoms with Crippen LogP contribution >= 0.6 is 0 Å². The lowest BCUT2D eigenvalue weighted by atomic mass is 9.86. The third-order valence-electron chi connectivity index (χ3n) is 3.93. The van der Waals surface area contributed by atoms with Crippen LogP contribution in [0.1, 0.15) is 52.9 Å². The lowest BCUT2D eigenvalue weighted by molar-refractivity contribution is -0.133. The van der Waals surface area contributed by atoms with Crippen LogP contribution in [0.15, 0.2) is 0 Å². The number of carbonyl (C=O) groups is 1. The van der Waals surface area contributed by atoms with Crippen LogP contribution in [0.4, 0.5) is 0 Å². The molecule has 1 amide bonds. The van der Waals surface area contributed by atoms with Gasteiger partial charge in [-0.25, -0.2) is 0 Å². The van der Waals surface area contributed by atoms with E-state index in [0.717, 1.165) is 50.6 Å². The van der Waals surface area contributed by atoms with Gasteiger partial charge in [-0.1, -0.05) is 27.2 Å². The van der Waals surface area contributed by atoms with Gasteiger partial charge >= 0.3 is 0 Å². The molecule has 0 spiro atoms. The quantitative estimate of drug-likeness (QED) is 0.802. The molecule has 2 N–H and O–H groups in total. The van der Waals surface area contributed by atoms with E-state index in [1.54, 1.807) is 0 Å². The third kappa shape index (κ3) is 4.66. The van der Waals surface area contributed by atoms with E-state index in [1.165, 1.54) is 0 Å². The van der Waals surface area contributed by atoms with Gasteiger partial charge in [-0.15, -0.1) is 0 Å². The van der Waals surface area contributed by atoms with Crippen LogP contribution in [0.5, 0.6) is 0 Å². The Kier molecular flexibility index (Phi) is 5.96. The Hall–Kier alpha value is -0.570. The molecule has 3 nitrogen and oxygen atoms in total. The van der Waals surface area contributed by atoms with Gasteiger partial charge in [0.25, 0.3) is 0 Å². The van der Waals surface area contributed by atoms with E-state index >= 15 is 0 Å². The molecule has 1 aliphatic rings. The zero-order valence-electron chi connectivity index (χ0n) is 11.6. The van der Waals surface area contributed by atoms with Crippen molar-refractivity contribution in [3.63, 3.8) is 0 Å². The van der Waals surface area contributed by atoms with Crippen molar-refractivity contribution < 1.29 is 4.79 Å². The fraction of sp³-hybridized carbons (Fsp3) is 0.929. The van der Waals surface area contributed by atoms with Gasteiger partial charge in [0.1, 0.15) is 0 Å². The molecular weight excluding hydrogens is 212 g/mol. The van der Waals surface area contributed by atoms with Crippen molar-refractivity contribution >= 4 is 5.91 Å². The standard InChI is InChI=1S/C14H28N2O/c1-4-5-13(15)10-14(17)16-8-6-12(7-9-16)11(2)3/h11-13H,4-10,15H2,1-3H3. The average Bonchev–Trinajstić information content (AvgIpc) is 2.29. The summed E-state index contributed by atoms with van der Waals surface area (Å²) in [5, 5.41) is 0. The highest BCUT2D eigenvalue weighted by atomic mass is 16.2. The van der Waals surface area contributed by atoms with Gasteiger partial charge in [0, 0.05) is 25.6 Å². The molecule has 1 atom stereocenters. The number of amides is 1. The fourth-order valence-corrected chi connectivity index (χ4v) is 2.64. The summed E-state index contributed by atoms with van der Waals surface area (Å²) in [6.07, 6.45) is 4.86. The molecule has 100 valence electrons. The molecule has 17 heavy (non-hydrogen) atoms. The Labute approximate surface area is 106 Å². The van der Waals surface area contributed by atoms with Crippen molar-refractivity contribution in [2.75, 3.05) is 13.1 Å². The largest absolute Gasteiger partial charge is 0.343 e. The second-order valence-corrected chi connectivity index (χ2v) is 5.72. The van der Waals surface area contributed by atoms with E-state index in [4.69, 9.17) is 5.73 Å². The van der Waals surface area contributed by atoms with Crippen molar-refractivity contribution in [2.24, 2.45) is 17.6 Å². The molecule has 0 aromatic carbocycles. The number of hydrogen-bond acceptors (Lipinski definition) is 2. The molecule has 1 saturated heterocycles. The highest BCUT2D eigenvalue weighted by molar-refractivity contribution is 5.76. The predicted octanol–water partition coefficient (Wildman–Crippen LogP) is 2.40. The molecule has 1 fully saturated rings. The third-order valence-corrected chi connectivity index (χ3v) is 3.93. The Morgan fingerprint density at radius 1 is 1.35 bits per heavy atom. The van der Waals surface area contributed by atoms with E-state index in [2.05, 4.69) is 20.8 Å². The molecular formula is C14H28N2O. The summed E-state index contributed by atoms with van der Waals surface area (Å²) in [7, 11) is 0. The maximum absolute atomic E-state index is 12.0. The lowest BCUT2D eigenvalue weighted by Gasteiger charge is -2.34. The first-order valence-corrected chi connectivity index (χ1v) is 7.08. The molecule has 0 aromatic rings. The minimum Gasteiger partial charge on any atom is -0.343 e. The van der Waals surface area contributed by atoms with Crippen molar-refractivity contribution in [1.29, 1.82) is 0 Å². The van der Waals surface area contributed by atoms with Crippen molar-refractivity contribution in [3.8, 4) is 0 Å². The van der Waals surface area contributed by atoms with Gasteiger partial charge in [0.15, 0.2) is 0 Å². The molecule has 3 heteroatoms. The summed E-state index contributed by atoms with van der Waals surface area (Å²) >= 11 is 0. The number of carbonyl (C=O) groups excluding carboxylic acids is 1. The number of rotatable bonds is 5. The monoisotopic (exact) mass is 240 g/mol. The van der Waals surface area contributed by atoms with Gasteiger partial charge < -0.3 is 10.6 Å². The molecule has 0 aromatic heterocycles. The van der Waals surface area contributed by atoms with Crippen LogP contribution in [-0.4, -0.2) is 29.9 Å². The number of hydrogen-bond donors (Lipinski definition) is 1. The maximum Gasteiger partial charge on any atom is 0.224 e. The molecule has 1 rings (SSSR count). The second kappa shape index (κ2) is 7.00. The molecule has 1 aliphatic heterocycles. The molecule has 0 saturated carbocycles. The van der Waals surface area contributed by atoms with Gasteiger partial charge in [0.2, 0.25) is 5.91 Å². The fourth-order valence-electron chi connectivity index (χ4n) is 2.64. The molecule has 0 radical (unpaired) electrons. The summed E-state index contributed by atoms with van der Waals surface area (Å²) < 4.78 is 0. The van der Waals surface area contributed by atoms with Gasteiger partial charge in [0.05, 0.1) is 0 Å². The zero-order chi connectivity index (χ0) is 12.8. The molecule has 0 bridgehead atoms. The predicted molar refractivity (Wildman–Crippen MR) is 71.6 cm³/mol. The lowest BCUT2D eigenvalue weighted by Crippen LogP contribution is -2.41.